The lowest BCUT2D eigenvalue weighted by Crippen LogP contribution is -2.17. The van der Waals surface area contributed by atoms with Gasteiger partial charge < -0.3 is 10.2 Å². The molecule has 0 aliphatic heterocycles. The molecule has 7 nitrogen and oxygen atoms in total. The van der Waals surface area contributed by atoms with E-state index < -0.39 is 27.9 Å². The van der Waals surface area contributed by atoms with Gasteiger partial charge in [-0.05, 0) is 6.42 Å². The van der Waals surface area contributed by atoms with E-state index in [1.54, 1.807) is 0 Å². The Bertz CT molecular complexity index is 371. The van der Waals surface area contributed by atoms with E-state index in [1.807, 2.05) is 0 Å². The van der Waals surface area contributed by atoms with Gasteiger partial charge in [0.2, 0.25) is 10.0 Å². The second-order valence-electron chi connectivity index (χ2n) is 2.86. The quantitative estimate of drug-likeness (QED) is 0.605. The Kier molecular flexibility index (Phi) is 4.92. The Morgan fingerprint density at radius 2 is 1.93 bits per heavy atom. The summed E-state index contributed by atoms with van der Waals surface area (Å²) < 4.78 is 24.2. The van der Waals surface area contributed by atoms with Crippen LogP contribution in [0, 0.1) is 5.92 Å². The third kappa shape index (κ3) is 7.62. The molecule has 0 aliphatic carbocycles. The molecule has 0 aromatic carbocycles. The Morgan fingerprint density at radius 3 is 2.27 bits per heavy atom. The molecular formula is C7H11NO6S. The van der Waals surface area contributed by atoms with E-state index in [1.165, 1.54) is 0 Å². The molecule has 0 radical (unpaired) electrons. The van der Waals surface area contributed by atoms with Crippen LogP contribution in [0.2, 0.25) is 0 Å². The Labute approximate surface area is 86.5 Å². The molecule has 2 N–H and O–H groups in total. The Hall–Kier alpha value is -1.44. The molecule has 0 saturated carbocycles. The first-order chi connectivity index (χ1) is 6.72. The maximum absolute atomic E-state index is 10.6. The molecule has 0 aromatic rings. The van der Waals surface area contributed by atoms with Gasteiger partial charge >= 0.3 is 11.9 Å². The number of hydrogen-bond acceptors (Lipinski definition) is 4. The molecule has 0 rings (SSSR count). The molecule has 0 saturated heterocycles. The van der Waals surface area contributed by atoms with Crippen LogP contribution >= 0.6 is 0 Å². The van der Waals surface area contributed by atoms with E-state index in [4.69, 9.17) is 10.2 Å². The van der Waals surface area contributed by atoms with Crippen molar-refractivity contribution in [3.63, 3.8) is 0 Å². The van der Waals surface area contributed by atoms with E-state index in [2.05, 4.69) is 4.40 Å². The van der Waals surface area contributed by atoms with E-state index in [9.17, 15) is 18.0 Å². The molecule has 1 atom stereocenters. The molecule has 0 fully saturated rings. The molecule has 0 aromatic heterocycles. The van der Waals surface area contributed by atoms with Crippen LogP contribution in [0.1, 0.15) is 12.8 Å². The number of sulfonamides is 1. The standard InChI is InChI=1S/C7H11NO6S/c1-15(13,14)8-4-5(7(11)12)2-3-6(9)10/h4-5H,2-3H2,1H3,(H,9,10)(H,11,12). The third-order valence-electron chi connectivity index (χ3n) is 1.42. The predicted octanol–water partition coefficient (Wildman–Crippen LogP) is -0.418. The zero-order valence-corrected chi connectivity index (χ0v) is 8.77. The highest BCUT2D eigenvalue weighted by Gasteiger charge is 2.16. The first kappa shape index (κ1) is 13.6. The van der Waals surface area contributed by atoms with Gasteiger partial charge in [-0.2, -0.15) is 4.40 Å². The van der Waals surface area contributed by atoms with Crippen LogP contribution in [0.25, 0.3) is 0 Å². The van der Waals surface area contributed by atoms with Crippen LogP contribution in [0.15, 0.2) is 4.40 Å². The SMILES string of the molecule is CS(=O)(=O)N=CC(CCC(=O)O)C(=O)O. The summed E-state index contributed by atoms with van der Waals surface area (Å²) in [6, 6.07) is 0. The third-order valence-corrected chi connectivity index (χ3v) is 1.92. The van der Waals surface area contributed by atoms with Gasteiger partial charge in [-0.25, -0.2) is 8.42 Å². The summed E-state index contributed by atoms with van der Waals surface area (Å²) in [5, 5.41) is 16.9. The summed E-state index contributed by atoms with van der Waals surface area (Å²) in [6.07, 6.45) is 1.01. The normalized spacial score (nSPS) is 13.9. The number of carboxylic acid groups (broad SMARTS) is 2. The number of rotatable bonds is 6. The van der Waals surface area contributed by atoms with Crippen LogP contribution in [0.5, 0.6) is 0 Å². The average Bonchev–Trinajstić information content (AvgIpc) is 2.00. The maximum atomic E-state index is 10.6. The van der Waals surface area contributed by atoms with E-state index in [-0.39, 0.29) is 12.8 Å². The van der Waals surface area contributed by atoms with Gasteiger partial charge in [0.15, 0.2) is 0 Å². The van der Waals surface area contributed by atoms with Gasteiger partial charge in [0.05, 0.1) is 12.2 Å². The van der Waals surface area contributed by atoms with Gasteiger partial charge in [0.1, 0.15) is 0 Å². The molecule has 15 heavy (non-hydrogen) atoms. The maximum Gasteiger partial charge on any atom is 0.311 e. The topological polar surface area (TPSA) is 121 Å². The van der Waals surface area contributed by atoms with Crippen molar-refractivity contribution >= 4 is 28.2 Å². The monoisotopic (exact) mass is 237 g/mol. The summed E-state index contributed by atoms with van der Waals surface area (Å²) in [4.78, 5) is 20.7. The van der Waals surface area contributed by atoms with Gasteiger partial charge in [-0.15, -0.1) is 0 Å². The van der Waals surface area contributed by atoms with Crippen molar-refractivity contribution in [2.45, 2.75) is 12.8 Å². The van der Waals surface area contributed by atoms with Crippen LogP contribution in [-0.2, 0) is 19.6 Å². The fourth-order valence-corrected chi connectivity index (χ4v) is 1.09. The summed E-state index contributed by atoms with van der Waals surface area (Å²) >= 11 is 0. The Balaban J connectivity index is 4.49. The molecular weight excluding hydrogens is 226 g/mol. The first-order valence-corrected chi connectivity index (χ1v) is 5.77. The van der Waals surface area contributed by atoms with E-state index in [0.717, 1.165) is 12.5 Å². The van der Waals surface area contributed by atoms with Crippen molar-refractivity contribution in [1.29, 1.82) is 0 Å². The minimum absolute atomic E-state index is 0.191. The minimum Gasteiger partial charge on any atom is -0.481 e. The zero-order valence-electron chi connectivity index (χ0n) is 7.95. The lowest BCUT2D eigenvalue weighted by atomic mass is 10.1. The lowest BCUT2D eigenvalue weighted by Gasteiger charge is -2.03. The predicted molar refractivity (Wildman–Crippen MR) is 51.3 cm³/mol. The van der Waals surface area contributed by atoms with Crippen LogP contribution in [0.3, 0.4) is 0 Å². The highest BCUT2D eigenvalue weighted by molar-refractivity contribution is 7.89. The molecule has 0 bridgehead atoms. The largest absolute Gasteiger partial charge is 0.481 e. The molecule has 0 amide bonds. The fourth-order valence-electron chi connectivity index (χ4n) is 0.725. The first-order valence-electron chi connectivity index (χ1n) is 3.92. The Morgan fingerprint density at radius 1 is 1.40 bits per heavy atom. The highest BCUT2D eigenvalue weighted by atomic mass is 32.2. The molecule has 0 aliphatic rings. The number of hydrogen-bond donors (Lipinski definition) is 2. The van der Waals surface area contributed by atoms with Crippen molar-refractivity contribution in [2.75, 3.05) is 6.26 Å². The van der Waals surface area contributed by atoms with Crippen molar-refractivity contribution in [3.8, 4) is 0 Å². The summed E-state index contributed by atoms with van der Waals surface area (Å²) in [5.41, 5.74) is 0. The fraction of sp³-hybridized carbons (Fsp3) is 0.571. The molecule has 86 valence electrons. The number of aliphatic carboxylic acids is 2. The van der Waals surface area contributed by atoms with E-state index in [0.29, 0.717) is 0 Å². The summed E-state index contributed by atoms with van der Waals surface area (Å²) in [7, 11) is -3.63. The van der Waals surface area contributed by atoms with Crippen molar-refractivity contribution in [2.24, 2.45) is 10.3 Å². The smallest absolute Gasteiger partial charge is 0.311 e. The van der Waals surface area contributed by atoms with Crippen LogP contribution in [0.4, 0.5) is 0 Å². The second-order valence-corrected chi connectivity index (χ2v) is 4.54. The average molecular weight is 237 g/mol. The van der Waals surface area contributed by atoms with Gasteiger partial charge in [-0.3, -0.25) is 9.59 Å². The van der Waals surface area contributed by atoms with Gasteiger partial charge in [0.25, 0.3) is 0 Å². The highest BCUT2D eigenvalue weighted by Crippen LogP contribution is 2.05. The molecule has 0 heterocycles. The van der Waals surface area contributed by atoms with Crippen LogP contribution < -0.4 is 0 Å². The van der Waals surface area contributed by atoms with Gasteiger partial charge in [0, 0.05) is 12.6 Å². The molecule has 1 unspecified atom stereocenters. The molecule has 8 heteroatoms. The summed E-state index contributed by atoms with van der Waals surface area (Å²) in [5.74, 6) is -3.64. The number of carbonyl (C=O) groups is 2. The second kappa shape index (κ2) is 5.44. The van der Waals surface area contributed by atoms with Crippen molar-refractivity contribution in [1.82, 2.24) is 0 Å². The van der Waals surface area contributed by atoms with E-state index >= 15 is 0 Å². The van der Waals surface area contributed by atoms with Crippen molar-refractivity contribution < 1.29 is 28.2 Å². The van der Waals surface area contributed by atoms with Crippen molar-refractivity contribution in [3.05, 3.63) is 0 Å². The molecule has 0 spiro atoms. The lowest BCUT2D eigenvalue weighted by molar-refractivity contribution is -0.140. The zero-order chi connectivity index (χ0) is 12.1. The minimum atomic E-state index is -3.63. The van der Waals surface area contributed by atoms with Gasteiger partial charge in [-0.1, -0.05) is 0 Å². The van der Waals surface area contributed by atoms with Crippen LogP contribution in [-0.4, -0.2) is 43.0 Å². The number of nitrogens with zero attached hydrogens (tertiary/aromatic N) is 1. The summed E-state index contributed by atoms with van der Waals surface area (Å²) in [6.45, 7) is 0. The number of carboxylic acids is 2.